The van der Waals surface area contributed by atoms with E-state index in [1.807, 2.05) is 0 Å². The molecule has 0 aliphatic carbocycles. The summed E-state index contributed by atoms with van der Waals surface area (Å²) in [6.07, 6.45) is 6.60. The average molecular weight is 743 g/mol. The first kappa shape index (κ1) is 37.0. The predicted molar refractivity (Wildman–Crippen MR) is 195 cm³/mol. The van der Waals surface area contributed by atoms with Gasteiger partial charge in [-0.2, -0.15) is 6.20 Å². The SMILES string of the molecule is NC(=O)C1=CC[N-]C=C1.NC(=O)C1CC[N-]CC1.[Pd+2].c1ccc([PH+](C[PH+](c2ccccc2)c2ccccc2)c2ccccc2)cc1. The summed E-state index contributed by atoms with van der Waals surface area (Å²) in [6, 6.07) is 44.5. The van der Waals surface area contributed by atoms with Crippen molar-refractivity contribution in [2.75, 3.05) is 25.5 Å². The monoisotopic (exact) mass is 742 g/mol. The Morgan fingerprint density at radius 2 is 1.04 bits per heavy atom. The number of piperidine rings is 1. The second kappa shape index (κ2) is 20.7. The summed E-state index contributed by atoms with van der Waals surface area (Å²) in [4.78, 5) is 21.0. The standard InChI is InChI=1S/C25H22P2.C6H11N2O.C6H7N2O.Pd/c1-5-13-22(14-6-1)26(23-15-7-2-8-16-23)21-27(24-17-9-3-10-18-24)25-19-11-4-12-20-25;2*7-6(9)5-1-3-8-4-2-5;/h1-20H,21H2;5H,1-4H2,(H2,7,9);1-3H,4H2,(H2,7,9);/q;2*-1;+2/p+2. The van der Waals surface area contributed by atoms with Crippen molar-refractivity contribution in [3.8, 4) is 0 Å². The van der Waals surface area contributed by atoms with Gasteiger partial charge in [0.05, 0.1) is 0 Å². The van der Waals surface area contributed by atoms with Crippen molar-refractivity contribution in [3.63, 3.8) is 0 Å². The number of primary amides is 2. The maximum atomic E-state index is 10.5. The maximum Gasteiger partial charge on any atom is 2.00 e. The van der Waals surface area contributed by atoms with E-state index in [-0.39, 0.29) is 38.2 Å². The molecule has 0 unspecified atom stereocenters. The molecule has 6 nitrogen and oxygen atoms in total. The summed E-state index contributed by atoms with van der Waals surface area (Å²) >= 11 is 0. The van der Waals surface area contributed by atoms with Crippen LogP contribution in [0.25, 0.3) is 10.6 Å². The molecule has 240 valence electrons. The molecule has 9 heteroatoms. The van der Waals surface area contributed by atoms with Crippen molar-refractivity contribution in [2.45, 2.75) is 12.8 Å². The number of nitrogens with zero attached hydrogens (tertiary/aromatic N) is 2. The van der Waals surface area contributed by atoms with E-state index < -0.39 is 15.8 Å². The number of nitrogens with two attached hydrogens (primary N) is 2. The molecule has 1 saturated heterocycles. The number of hydrogen-bond acceptors (Lipinski definition) is 2. The van der Waals surface area contributed by atoms with E-state index in [4.69, 9.17) is 11.5 Å². The van der Waals surface area contributed by atoms with Crippen LogP contribution >= 0.6 is 15.8 Å². The van der Waals surface area contributed by atoms with Crippen LogP contribution in [0.3, 0.4) is 0 Å². The molecule has 0 spiro atoms. The molecular weight excluding hydrogens is 701 g/mol. The van der Waals surface area contributed by atoms with Gasteiger partial charge in [0.1, 0.15) is 37.1 Å². The fourth-order valence-corrected chi connectivity index (χ4v) is 12.8. The summed E-state index contributed by atoms with van der Waals surface area (Å²) in [7, 11) is -1.69. The molecule has 0 saturated carbocycles. The van der Waals surface area contributed by atoms with E-state index in [2.05, 4.69) is 132 Å². The van der Waals surface area contributed by atoms with E-state index in [0.717, 1.165) is 25.9 Å². The van der Waals surface area contributed by atoms with Crippen LogP contribution < -0.4 is 32.7 Å². The quantitative estimate of drug-likeness (QED) is 0.190. The van der Waals surface area contributed by atoms with Crippen molar-refractivity contribution in [1.82, 2.24) is 0 Å². The zero-order chi connectivity index (χ0) is 31.7. The molecular formula is C37H42N4O2P2Pd+2. The average Bonchev–Trinajstić information content (AvgIpc) is 3.11. The Hall–Kier alpha value is -3.42. The third-order valence-corrected chi connectivity index (χ3v) is 14.5. The molecule has 4 N–H and O–H groups in total. The minimum Gasteiger partial charge on any atom is -0.687 e. The van der Waals surface area contributed by atoms with Gasteiger partial charge in [-0.25, -0.2) is 0 Å². The van der Waals surface area contributed by atoms with Crippen molar-refractivity contribution in [1.29, 1.82) is 0 Å². The first-order valence-electron chi connectivity index (χ1n) is 15.2. The van der Waals surface area contributed by atoms with Gasteiger partial charge in [0.2, 0.25) is 11.8 Å². The number of rotatable bonds is 8. The van der Waals surface area contributed by atoms with Crippen LogP contribution in [0.4, 0.5) is 0 Å². The van der Waals surface area contributed by atoms with Gasteiger partial charge in [-0.1, -0.05) is 97.8 Å². The van der Waals surface area contributed by atoms with Gasteiger partial charge in [-0.3, -0.25) is 9.59 Å². The number of benzene rings is 4. The first-order chi connectivity index (χ1) is 22.0. The van der Waals surface area contributed by atoms with Crippen LogP contribution in [-0.2, 0) is 30.0 Å². The molecule has 46 heavy (non-hydrogen) atoms. The maximum absolute atomic E-state index is 10.5. The Bertz CT molecular complexity index is 1360. The number of hydrogen-bond donors (Lipinski definition) is 2. The van der Waals surface area contributed by atoms with Crippen LogP contribution in [0.2, 0.25) is 0 Å². The van der Waals surface area contributed by atoms with Gasteiger partial charge in [0.15, 0.2) is 5.90 Å². The van der Waals surface area contributed by atoms with E-state index in [1.54, 1.807) is 18.4 Å². The molecule has 0 bridgehead atoms. The smallest absolute Gasteiger partial charge is 0.687 e. The molecule has 1 fully saturated rings. The first-order valence-corrected chi connectivity index (χ1v) is 18.6. The molecule has 0 radical (unpaired) electrons. The molecule has 2 aliphatic heterocycles. The van der Waals surface area contributed by atoms with E-state index in [1.165, 1.54) is 27.1 Å². The van der Waals surface area contributed by atoms with Crippen molar-refractivity contribution < 1.29 is 30.0 Å². The molecule has 2 amide bonds. The fraction of sp³-hybridized carbons (Fsp3) is 0.189. The molecule has 0 aromatic heterocycles. The summed E-state index contributed by atoms with van der Waals surface area (Å²) in [6.45, 7) is 2.19. The second-order valence-corrected chi connectivity index (χ2v) is 16.3. The minimum absolute atomic E-state index is 0. The molecule has 2 aliphatic rings. The Kier molecular flexibility index (Phi) is 16.6. The number of carbonyl (C=O) groups is 2. The fourth-order valence-electron chi connectivity index (χ4n) is 5.11. The number of carbonyl (C=O) groups excluding carboxylic acids is 2. The van der Waals surface area contributed by atoms with Crippen LogP contribution in [0.1, 0.15) is 12.8 Å². The van der Waals surface area contributed by atoms with E-state index in [0.29, 0.717) is 12.1 Å². The summed E-state index contributed by atoms with van der Waals surface area (Å²) < 4.78 is 0. The topological polar surface area (TPSA) is 114 Å². The van der Waals surface area contributed by atoms with Crippen LogP contribution in [0, 0.1) is 5.92 Å². The van der Waals surface area contributed by atoms with Gasteiger partial charge in [-0.15, -0.1) is 19.6 Å². The Balaban J connectivity index is 0.000000248. The number of amides is 2. The largest absolute Gasteiger partial charge is 2.00 e. The van der Waals surface area contributed by atoms with Gasteiger partial charge in [-0.05, 0) is 48.5 Å². The van der Waals surface area contributed by atoms with Gasteiger partial charge >= 0.3 is 20.4 Å². The third kappa shape index (κ3) is 12.1. The summed E-state index contributed by atoms with van der Waals surface area (Å²) in [5.74, 6) is 0.797. The van der Waals surface area contributed by atoms with Crippen LogP contribution in [0.15, 0.2) is 145 Å². The Morgan fingerprint density at radius 3 is 1.30 bits per heavy atom. The molecule has 0 atom stereocenters. The molecule has 4 aromatic carbocycles. The summed E-state index contributed by atoms with van der Waals surface area (Å²) in [5, 5.41) is 14.0. The van der Waals surface area contributed by atoms with Crippen LogP contribution in [0.5, 0.6) is 0 Å². The third-order valence-electron chi connectivity index (χ3n) is 7.58. The zero-order valence-corrected chi connectivity index (χ0v) is 29.3. The predicted octanol–water partition coefficient (Wildman–Crippen LogP) is 5.23. The van der Waals surface area contributed by atoms with E-state index >= 15 is 0 Å². The van der Waals surface area contributed by atoms with Crippen molar-refractivity contribution >= 4 is 48.9 Å². The minimum atomic E-state index is -0.847. The molecule has 2 heterocycles. The van der Waals surface area contributed by atoms with Crippen molar-refractivity contribution in [3.05, 3.63) is 156 Å². The second-order valence-electron chi connectivity index (χ2n) is 10.7. The van der Waals surface area contributed by atoms with Gasteiger partial charge in [0.25, 0.3) is 0 Å². The van der Waals surface area contributed by atoms with Gasteiger partial charge < -0.3 is 22.1 Å². The van der Waals surface area contributed by atoms with Crippen LogP contribution in [-0.4, -0.2) is 37.4 Å². The molecule has 6 rings (SSSR count). The van der Waals surface area contributed by atoms with Crippen molar-refractivity contribution in [2.24, 2.45) is 17.4 Å². The van der Waals surface area contributed by atoms with E-state index in [9.17, 15) is 9.59 Å². The Morgan fingerprint density at radius 1 is 0.652 bits per heavy atom. The summed E-state index contributed by atoms with van der Waals surface area (Å²) in [5.41, 5.74) is 10.6. The zero-order valence-electron chi connectivity index (χ0n) is 25.8. The van der Waals surface area contributed by atoms with Gasteiger partial charge in [0, 0.05) is 11.5 Å². The normalized spacial score (nSPS) is 13.9. The Labute approximate surface area is 289 Å². The molecule has 4 aromatic rings.